The predicted octanol–water partition coefficient (Wildman–Crippen LogP) is 5.27. The van der Waals surface area contributed by atoms with Gasteiger partial charge in [-0.2, -0.15) is 0 Å². The van der Waals surface area contributed by atoms with E-state index in [4.69, 9.17) is 27.9 Å². The fourth-order valence-electron chi connectivity index (χ4n) is 1.88. The van der Waals surface area contributed by atoms with E-state index < -0.39 is 0 Å². The lowest BCUT2D eigenvalue weighted by Crippen LogP contribution is -2.13. The van der Waals surface area contributed by atoms with E-state index >= 15 is 0 Å². The van der Waals surface area contributed by atoms with E-state index in [1.54, 1.807) is 0 Å². The van der Waals surface area contributed by atoms with Crippen molar-refractivity contribution in [3.63, 3.8) is 0 Å². The van der Waals surface area contributed by atoms with E-state index in [2.05, 4.69) is 11.9 Å². The fourth-order valence-corrected chi connectivity index (χ4v) is 2.20. The first-order valence-electron chi connectivity index (χ1n) is 6.66. The van der Waals surface area contributed by atoms with E-state index in [1.807, 2.05) is 48.5 Å². The first kappa shape index (κ1) is 18.9. The van der Waals surface area contributed by atoms with Crippen molar-refractivity contribution in [3.8, 4) is 5.75 Å². The molecule has 1 N–H and O–H groups in total. The van der Waals surface area contributed by atoms with E-state index in [0.717, 1.165) is 28.4 Å². The summed E-state index contributed by atoms with van der Waals surface area (Å²) in [5, 5.41) is 4.67. The van der Waals surface area contributed by atoms with Crippen molar-refractivity contribution in [2.24, 2.45) is 0 Å². The summed E-state index contributed by atoms with van der Waals surface area (Å²) in [7, 11) is 0. The summed E-state index contributed by atoms with van der Waals surface area (Å²) in [6, 6.07) is 13.2. The zero-order valence-electron chi connectivity index (χ0n) is 12.0. The molecule has 0 heterocycles. The number of halogens is 3. The summed E-state index contributed by atoms with van der Waals surface area (Å²) in [6.07, 6.45) is 1.82. The molecule has 0 radical (unpaired) electrons. The van der Waals surface area contributed by atoms with Crippen molar-refractivity contribution in [2.75, 3.05) is 6.54 Å². The van der Waals surface area contributed by atoms with Gasteiger partial charge in [0.1, 0.15) is 12.4 Å². The summed E-state index contributed by atoms with van der Waals surface area (Å²) in [5.41, 5.74) is 2.10. The molecule has 0 amide bonds. The third-order valence-corrected chi connectivity index (χ3v) is 3.42. The van der Waals surface area contributed by atoms with Gasteiger partial charge < -0.3 is 10.1 Å². The zero-order valence-corrected chi connectivity index (χ0v) is 14.3. The van der Waals surface area contributed by atoms with Crippen LogP contribution in [0.5, 0.6) is 5.75 Å². The summed E-state index contributed by atoms with van der Waals surface area (Å²) >= 11 is 11.9. The van der Waals surface area contributed by atoms with Gasteiger partial charge in [0.15, 0.2) is 0 Å². The summed E-state index contributed by atoms with van der Waals surface area (Å²) in [5.74, 6) is 0.825. The highest BCUT2D eigenvalue weighted by atomic mass is 35.5. The van der Waals surface area contributed by atoms with Crippen molar-refractivity contribution < 1.29 is 4.74 Å². The lowest BCUT2D eigenvalue weighted by molar-refractivity contribution is 0.302. The number of benzene rings is 2. The number of rotatable bonds is 7. The molecule has 22 heavy (non-hydrogen) atoms. The van der Waals surface area contributed by atoms with Gasteiger partial charge >= 0.3 is 0 Å². The number of hydrogen-bond acceptors (Lipinski definition) is 2. The maximum absolute atomic E-state index is 6.05. The normalized spacial score (nSPS) is 9.91. The Hall–Kier alpha value is -1.19. The lowest BCUT2D eigenvalue weighted by atomic mass is 10.2. The third-order valence-electron chi connectivity index (χ3n) is 2.93. The molecule has 0 saturated carbocycles. The van der Waals surface area contributed by atoms with Gasteiger partial charge in [0.2, 0.25) is 0 Å². The highest BCUT2D eigenvalue weighted by Crippen LogP contribution is 2.24. The van der Waals surface area contributed by atoms with Gasteiger partial charge in [-0.05, 0) is 35.9 Å². The van der Waals surface area contributed by atoms with Crippen molar-refractivity contribution in [1.82, 2.24) is 5.32 Å². The first-order valence-corrected chi connectivity index (χ1v) is 7.42. The smallest absolute Gasteiger partial charge is 0.124 e. The van der Waals surface area contributed by atoms with Gasteiger partial charge in [-0.25, -0.2) is 0 Å². The fraction of sp³-hybridized carbons (Fsp3) is 0.176. The standard InChI is InChI=1S/C17H17Cl2NO.ClH/c1-2-9-20-11-14-10-16(19)7-8-17(14)21-12-13-3-5-15(18)6-4-13;/h2-8,10,20H,1,9,11-12H2;1H. The van der Waals surface area contributed by atoms with Crippen LogP contribution >= 0.6 is 35.6 Å². The molecule has 0 atom stereocenters. The summed E-state index contributed by atoms with van der Waals surface area (Å²) < 4.78 is 5.88. The largest absolute Gasteiger partial charge is 0.489 e. The molecule has 2 rings (SSSR count). The summed E-state index contributed by atoms with van der Waals surface area (Å²) in [4.78, 5) is 0. The van der Waals surface area contributed by atoms with Crippen LogP contribution in [0, 0.1) is 0 Å². The van der Waals surface area contributed by atoms with Gasteiger partial charge in [0.05, 0.1) is 0 Å². The van der Waals surface area contributed by atoms with Crippen LogP contribution in [-0.4, -0.2) is 6.54 Å². The minimum atomic E-state index is 0. The maximum Gasteiger partial charge on any atom is 0.124 e. The molecule has 0 bridgehead atoms. The Morgan fingerprint density at radius 3 is 2.41 bits per heavy atom. The molecule has 0 spiro atoms. The van der Waals surface area contributed by atoms with Crippen LogP contribution < -0.4 is 10.1 Å². The molecule has 0 saturated heterocycles. The monoisotopic (exact) mass is 357 g/mol. The van der Waals surface area contributed by atoms with Crippen LogP contribution in [0.3, 0.4) is 0 Å². The van der Waals surface area contributed by atoms with Gasteiger partial charge in [-0.3, -0.25) is 0 Å². The Morgan fingerprint density at radius 2 is 1.73 bits per heavy atom. The van der Waals surface area contributed by atoms with Crippen molar-refractivity contribution in [2.45, 2.75) is 13.2 Å². The van der Waals surface area contributed by atoms with Gasteiger partial charge in [0.25, 0.3) is 0 Å². The highest BCUT2D eigenvalue weighted by Gasteiger charge is 2.05. The molecule has 0 aromatic heterocycles. The van der Waals surface area contributed by atoms with Crippen molar-refractivity contribution >= 4 is 35.6 Å². The minimum Gasteiger partial charge on any atom is -0.489 e. The second kappa shape index (κ2) is 9.75. The molecule has 0 aliphatic rings. The van der Waals surface area contributed by atoms with Crippen LogP contribution in [-0.2, 0) is 13.2 Å². The zero-order chi connectivity index (χ0) is 15.1. The summed E-state index contributed by atoms with van der Waals surface area (Å²) in [6.45, 7) is 5.60. The van der Waals surface area contributed by atoms with Gasteiger partial charge in [0, 0.05) is 28.7 Å². The quantitative estimate of drug-likeness (QED) is 0.538. The van der Waals surface area contributed by atoms with Crippen LogP contribution in [0.4, 0.5) is 0 Å². The first-order chi connectivity index (χ1) is 10.2. The second-order valence-electron chi connectivity index (χ2n) is 4.59. The lowest BCUT2D eigenvalue weighted by Gasteiger charge is -2.12. The van der Waals surface area contributed by atoms with Crippen LogP contribution in [0.1, 0.15) is 11.1 Å². The Morgan fingerprint density at radius 1 is 1.05 bits per heavy atom. The van der Waals surface area contributed by atoms with Crippen LogP contribution in [0.2, 0.25) is 10.0 Å². The Balaban J connectivity index is 0.00000242. The molecule has 0 unspecified atom stereocenters. The van der Waals surface area contributed by atoms with E-state index in [0.29, 0.717) is 18.2 Å². The number of nitrogens with one attached hydrogen (secondary N) is 1. The molecule has 2 aromatic rings. The molecule has 2 aromatic carbocycles. The molecule has 5 heteroatoms. The predicted molar refractivity (Wildman–Crippen MR) is 96.4 cm³/mol. The average Bonchev–Trinajstić information content (AvgIpc) is 2.48. The molecular formula is C17H18Cl3NO. The second-order valence-corrected chi connectivity index (χ2v) is 5.46. The maximum atomic E-state index is 6.05. The molecule has 0 aliphatic heterocycles. The Labute approximate surface area is 147 Å². The van der Waals surface area contributed by atoms with E-state index in [9.17, 15) is 0 Å². The number of hydrogen-bond donors (Lipinski definition) is 1. The van der Waals surface area contributed by atoms with Crippen LogP contribution in [0.25, 0.3) is 0 Å². The number of ether oxygens (including phenoxy) is 1. The SMILES string of the molecule is C=CCNCc1cc(Cl)ccc1OCc1ccc(Cl)cc1.Cl. The molecule has 0 aliphatic carbocycles. The van der Waals surface area contributed by atoms with Crippen molar-refractivity contribution in [1.29, 1.82) is 0 Å². The Kier molecular flexibility index (Phi) is 8.36. The molecule has 118 valence electrons. The van der Waals surface area contributed by atoms with E-state index in [1.165, 1.54) is 0 Å². The minimum absolute atomic E-state index is 0. The Bertz CT molecular complexity index is 599. The van der Waals surface area contributed by atoms with Gasteiger partial charge in [-0.1, -0.05) is 41.4 Å². The third kappa shape index (κ3) is 5.90. The molecular weight excluding hydrogens is 341 g/mol. The van der Waals surface area contributed by atoms with Crippen LogP contribution in [0.15, 0.2) is 55.1 Å². The van der Waals surface area contributed by atoms with Crippen molar-refractivity contribution in [3.05, 3.63) is 76.3 Å². The highest BCUT2D eigenvalue weighted by molar-refractivity contribution is 6.30. The van der Waals surface area contributed by atoms with E-state index in [-0.39, 0.29) is 12.4 Å². The average molecular weight is 359 g/mol. The van der Waals surface area contributed by atoms with Gasteiger partial charge in [-0.15, -0.1) is 19.0 Å². The molecule has 0 fully saturated rings. The topological polar surface area (TPSA) is 21.3 Å². The molecule has 2 nitrogen and oxygen atoms in total.